The number of aromatic hydroxyl groups is 2. The Bertz CT molecular complexity index is 947. The van der Waals surface area contributed by atoms with E-state index in [9.17, 15) is 15.0 Å². The van der Waals surface area contributed by atoms with Crippen LogP contribution in [0.2, 0.25) is 0 Å². The second kappa shape index (κ2) is 6.36. The molecule has 0 saturated heterocycles. The number of carbonyl (C=O) groups excluding carboxylic acids is 1. The largest absolute Gasteiger partial charge is 0.508 e. The van der Waals surface area contributed by atoms with E-state index in [0.717, 1.165) is 16.6 Å². The van der Waals surface area contributed by atoms with E-state index in [4.69, 9.17) is 5.73 Å². The minimum atomic E-state index is -0.692. The molecule has 0 radical (unpaired) electrons. The lowest BCUT2D eigenvalue weighted by Crippen LogP contribution is -2.15. The van der Waals surface area contributed by atoms with Gasteiger partial charge >= 0.3 is 0 Å². The highest BCUT2D eigenvalue weighted by molar-refractivity contribution is 6.04. The number of nitrogens with zero attached hydrogens (tertiary/aromatic N) is 1. The Labute approximate surface area is 145 Å². The van der Waals surface area contributed by atoms with E-state index >= 15 is 0 Å². The molecule has 128 valence electrons. The number of primary amides is 1. The van der Waals surface area contributed by atoms with Gasteiger partial charge in [-0.2, -0.15) is 0 Å². The fraction of sp³-hybridized carbons (Fsp3) is 0.150. The van der Waals surface area contributed by atoms with E-state index in [1.165, 1.54) is 6.07 Å². The standard InChI is InChI=1S/C20H20N2O3/c1-22(2)14-6-3-12(4-7-14)9-17-16-11-15(23)8-5-13(16)10-18(24)19(17)20(21)25/h3-8,10-11,23-24H,9H2,1-2H3,(H2,21,25). The number of carbonyl (C=O) groups is 1. The highest BCUT2D eigenvalue weighted by Crippen LogP contribution is 2.34. The van der Waals surface area contributed by atoms with Crippen LogP contribution >= 0.6 is 0 Å². The summed E-state index contributed by atoms with van der Waals surface area (Å²) in [7, 11) is 3.93. The van der Waals surface area contributed by atoms with Gasteiger partial charge in [-0.1, -0.05) is 18.2 Å². The van der Waals surface area contributed by atoms with Gasteiger partial charge in [0.15, 0.2) is 0 Å². The summed E-state index contributed by atoms with van der Waals surface area (Å²) in [6.07, 6.45) is 0.417. The van der Waals surface area contributed by atoms with Gasteiger partial charge < -0.3 is 20.8 Å². The molecule has 3 aromatic rings. The molecule has 1 amide bonds. The SMILES string of the molecule is CN(C)c1ccc(Cc2c(C(N)=O)c(O)cc3ccc(O)cc23)cc1. The van der Waals surface area contributed by atoms with Crippen molar-refractivity contribution < 1.29 is 15.0 Å². The van der Waals surface area contributed by atoms with Crippen LogP contribution in [-0.4, -0.2) is 30.2 Å². The zero-order valence-electron chi connectivity index (χ0n) is 14.2. The normalized spacial score (nSPS) is 10.8. The first-order chi connectivity index (χ1) is 11.9. The summed E-state index contributed by atoms with van der Waals surface area (Å²) < 4.78 is 0. The first-order valence-electron chi connectivity index (χ1n) is 7.90. The lowest BCUT2D eigenvalue weighted by Gasteiger charge is -2.15. The molecule has 0 atom stereocenters. The van der Waals surface area contributed by atoms with Crippen molar-refractivity contribution in [3.63, 3.8) is 0 Å². The number of benzene rings is 3. The Balaban J connectivity index is 2.17. The highest BCUT2D eigenvalue weighted by atomic mass is 16.3. The van der Waals surface area contributed by atoms with Crippen LogP contribution in [0.15, 0.2) is 48.5 Å². The molecule has 0 saturated carbocycles. The zero-order valence-corrected chi connectivity index (χ0v) is 14.2. The minimum absolute atomic E-state index is 0.0924. The summed E-state index contributed by atoms with van der Waals surface area (Å²) >= 11 is 0. The summed E-state index contributed by atoms with van der Waals surface area (Å²) in [5.74, 6) is -0.744. The van der Waals surface area contributed by atoms with Gasteiger partial charge in [-0.05, 0) is 58.7 Å². The molecule has 0 aliphatic rings. The molecule has 0 aliphatic heterocycles. The van der Waals surface area contributed by atoms with Crippen LogP contribution in [-0.2, 0) is 6.42 Å². The van der Waals surface area contributed by atoms with Crippen LogP contribution in [0.25, 0.3) is 10.8 Å². The predicted molar refractivity (Wildman–Crippen MR) is 99.4 cm³/mol. The molecular formula is C20H20N2O3. The van der Waals surface area contributed by atoms with Crippen LogP contribution in [0, 0.1) is 0 Å². The van der Waals surface area contributed by atoms with Crippen LogP contribution in [0.5, 0.6) is 11.5 Å². The maximum atomic E-state index is 11.9. The van der Waals surface area contributed by atoms with Crippen molar-refractivity contribution in [3.05, 3.63) is 65.2 Å². The van der Waals surface area contributed by atoms with Crippen molar-refractivity contribution in [1.82, 2.24) is 0 Å². The fourth-order valence-electron chi connectivity index (χ4n) is 3.01. The molecule has 0 heterocycles. The Morgan fingerprint density at radius 2 is 1.72 bits per heavy atom. The molecule has 3 aromatic carbocycles. The van der Waals surface area contributed by atoms with Crippen LogP contribution in [0.4, 0.5) is 5.69 Å². The topological polar surface area (TPSA) is 86.8 Å². The van der Waals surface area contributed by atoms with Crippen LogP contribution < -0.4 is 10.6 Å². The van der Waals surface area contributed by atoms with Gasteiger partial charge in [0.2, 0.25) is 0 Å². The van der Waals surface area contributed by atoms with E-state index < -0.39 is 5.91 Å². The summed E-state index contributed by atoms with van der Waals surface area (Å²) in [5, 5.41) is 21.5. The minimum Gasteiger partial charge on any atom is -0.508 e. The van der Waals surface area contributed by atoms with Crippen molar-refractivity contribution >= 4 is 22.4 Å². The molecular weight excluding hydrogens is 316 g/mol. The monoisotopic (exact) mass is 336 g/mol. The van der Waals surface area contributed by atoms with Crippen molar-refractivity contribution in [1.29, 1.82) is 0 Å². The van der Waals surface area contributed by atoms with E-state index in [1.807, 2.05) is 43.3 Å². The van der Waals surface area contributed by atoms with Gasteiger partial charge in [0.05, 0.1) is 5.56 Å². The lowest BCUT2D eigenvalue weighted by molar-refractivity contribution is 0.0997. The van der Waals surface area contributed by atoms with Crippen molar-refractivity contribution in [2.75, 3.05) is 19.0 Å². The van der Waals surface area contributed by atoms with Gasteiger partial charge in [0, 0.05) is 19.8 Å². The van der Waals surface area contributed by atoms with Gasteiger partial charge in [0.25, 0.3) is 5.91 Å². The van der Waals surface area contributed by atoms with Crippen molar-refractivity contribution in [2.45, 2.75) is 6.42 Å². The number of amides is 1. The number of fused-ring (bicyclic) bond motifs is 1. The van der Waals surface area contributed by atoms with Gasteiger partial charge in [-0.15, -0.1) is 0 Å². The third-order valence-electron chi connectivity index (χ3n) is 4.29. The molecule has 5 heteroatoms. The molecule has 0 aromatic heterocycles. The quantitative estimate of drug-likeness (QED) is 0.683. The first kappa shape index (κ1) is 16.6. The number of rotatable bonds is 4. The number of hydrogen-bond donors (Lipinski definition) is 3. The Morgan fingerprint density at radius 1 is 1.04 bits per heavy atom. The molecule has 5 nitrogen and oxygen atoms in total. The van der Waals surface area contributed by atoms with E-state index in [0.29, 0.717) is 17.4 Å². The number of phenolic OH excluding ortho intramolecular Hbond substituents is 1. The Hall–Kier alpha value is -3.21. The zero-order chi connectivity index (χ0) is 18.1. The fourth-order valence-corrected chi connectivity index (χ4v) is 3.01. The Kier molecular flexibility index (Phi) is 4.23. The molecule has 0 unspecified atom stereocenters. The van der Waals surface area contributed by atoms with E-state index in [1.54, 1.807) is 18.2 Å². The van der Waals surface area contributed by atoms with Crippen molar-refractivity contribution in [2.24, 2.45) is 5.73 Å². The molecule has 0 spiro atoms. The van der Waals surface area contributed by atoms with Gasteiger partial charge in [-0.25, -0.2) is 0 Å². The molecule has 25 heavy (non-hydrogen) atoms. The second-order valence-electron chi connectivity index (χ2n) is 6.26. The van der Waals surface area contributed by atoms with Gasteiger partial charge in [0.1, 0.15) is 11.5 Å². The average Bonchev–Trinajstić information content (AvgIpc) is 2.55. The first-order valence-corrected chi connectivity index (χ1v) is 7.90. The summed E-state index contributed by atoms with van der Waals surface area (Å²) in [6.45, 7) is 0. The van der Waals surface area contributed by atoms with E-state index in [2.05, 4.69) is 0 Å². The third kappa shape index (κ3) is 3.21. The molecule has 3 rings (SSSR count). The summed E-state index contributed by atoms with van der Waals surface area (Å²) in [4.78, 5) is 13.9. The number of anilines is 1. The maximum Gasteiger partial charge on any atom is 0.252 e. The van der Waals surface area contributed by atoms with E-state index in [-0.39, 0.29) is 17.1 Å². The van der Waals surface area contributed by atoms with Crippen LogP contribution in [0.1, 0.15) is 21.5 Å². The molecule has 0 bridgehead atoms. The molecule has 0 fully saturated rings. The average molecular weight is 336 g/mol. The smallest absolute Gasteiger partial charge is 0.252 e. The second-order valence-corrected chi connectivity index (χ2v) is 6.26. The lowest BCUT2D eigenvalue weighted by atomic mass is 9.92. The summed E-state index contributed by atoms with van der Waals surface area (Å²) in [5.41, 5.74) is 8.24. The molecule has 0 aliphatic carbocycles. The van der Waals surface area contributed by atoms with Crippen molar-refractivity contribution in [3.8, 4) is 11.5 Å². The van der Waals surface area contributed by atoms with Gasteiger partial charge in [-0.3, -0.25) is 4.79 Å². The molecule has 4 N–H and O–H groups in total. The predicted octanol–water partition coefficient (Wildman–Crippen LogP) is 3.01. The number of phenols is 2. The van der Waals surface area contributed by atoms with Crippen LogP contribution in [0.3, 0.4) is 0 Å². The maximum absolute atomic E-state index is 11.9. The Morgan fingerprint density at radius 3 is 2.32 bits per heavy atom. The summed E-state index contributed by atoms with van der Waals surface area (Å²) in [6, 6.07) is 14.2. The third-order valence-corrected chi connectivity index (χ3v) is 4.29. The highest BCUT2D eigenvalue weighted by Gasteiger charge is 2.18. The number of nitrogens with two attached hydrogens (primary N) is 1. The number of hydrogen-bond acceptors (Lipinski definition) is 4.